The molecule has 1 atom stereocenters. The van der Waals surface area contributed by atoms with Crippen molar-refractivity contribution in [2.45, 2.75) is 51.7 Å². The average Bonchev–Trinajstić information content (AvgIpc) is 2.12. The molecule has 0 spiro atoms. The molecule has 0 amide bonds. The molecular formula is C9H18O4. The van der Waals surface area contributed by atoms with Gasteiger partial charge in [0, 0.05) is 0 Å². The number of hydrogen-bond donors (Lipinski definition) is 2. The fourth-order valence-electron chi connectivity index (χ4n) is 1.40. The summed E-state index contributed by atoms with van der Waals surface area (Å²) in [5, 5.41) is 18.4. The molecule has 0 fully saturated rings. The van der Waals surface area contributed by atoms with Crippen molar-refractivity contribution >= 4 is 6.16 Å². The minimum atomic E-state index is -1.33. The largest absolute Gasteiger partial charge is 0.506 e. The molecule has 4 nitrogen and oxygen atoms in total. The van der Waals surface area contributed by atoms with E-state index < -0.39 is 17.9 Å². The van der Waals surface area contributed by atoms with Crippen LogP contribution in [0.2, 0.25) is 0 Å². The summed E-state index contributed by atoms with van der Waals surface area (Å²) >= 11 is 0. The first-order valence-electron chi connectivity index (χ1n) is 4.62. The van der Waals surface area contributed by atoms with Gasteiger partial charge in [-0.1, -0.05) is 20.8 Å². The molecule has 0 bridgehead atoms. The van der Waals surface area contributed by atoms with E-state index in [0.717, 1.165) is 0 Å². The quantitative estimate of drug-likeness (QED) is 0.651. The topological polar surface area (TPSA) is 66.8 Å². The molecule has 4 heteroatoms. The van der Waals surface area contributed by atoms with E-state index in [1.807, 2.05) is 13.8 Å². The first kappa shape index (κ1) is 12.2. The van der Waals surface area contributed by atoms with Crippen LogP contribution in [0.4, 0.5) is 4.79 Å². The van der Waals surface area contributed by atoms with Crippen LogP contribution in [0.3, 0.4) is 0 Å². The Bertz CT molecular complexity index is 163. The lowest BCUT2D eigenvalue weighted by atomic mass is 9.89. The highest BCUT2D eigenvalue weighted by molar-refractivity contribution is 5.57. The van der Waals surface area contributed by atoms with Crippen LogP contribution < -0.4 is 0 Å². The number of aliphatic hydroxyl groups is 1. The molecule has 0 aliphatic rings. The Morgan fingerprint density at radius 1 is 1.38 bits per heavy atom. The van der Waals surface area contributed by atoms with Crippen LogP contribution in [0.15, 0.2) is 0 Å². The molecule has 0 radical (unpaired) electrons. The van der Waals surface area contributed by atoms with Crippen LogP contribution in [0.25, 0.3) is 0 Å². The molecule has 0 saturated carbocycles. The highest BCUT2D eigenvalue weighted by atomic mass is 16.7. The first-order chi connectivity index (χ1) is 6.00. The van der Waals surface area contributed by atoms with E-state index in [2.05, 4.69) is 4.74 Å². The van der Waals surface area contributed by atoms with Gasteiger partial charge in [0.25, 0.3) is 0 Å². The summed E-state index contributed by atoms with van der Waals surface area (Å²) in [6.45, 7) is 5.43. The summed E-state index contributed by atoms with van der Waals surface area (Å²) in [6, 6.07) is 0. The zero-order valence-corrected chi connectivity index (χ0v) is 8.41. The van der Waals surface area contributed by atoms with Gasteiger partial charge >= 0.3 is 6.16 Å². The van der Waals surface area contributed by atoms with Crippen molar-refractivity contribution in [1.29, 1.82) is 0 Å². The van der Waals surface area contributed by atoms with Crippen LogP contribution in [0.1, 0.15) is 40.0 Å². The lowest BCUT2D eigenvalue weighted by molar-refractivity contribution is -0.0953. The third kappa shape index (κ3) is 3.22. The molecular weight excluding hydrogens is 172 g/mol. The molecule has 0 aliphatic heterocycles. The van der Waals surface area contributed by atoms with Crippen LogP contribution in [0, 0.1) is 0 Å². The van der Waals surface area contributed by atoms with Crippen molar-refractivity contribution in [3.63, 3.8) is 0 Å². The van der Waals surface area contributed by atoms with E-state index in [1.165, 1.54) is 0 Å². The van der Waals surface area contributed by atoms with E-state index in [-0.39, 0.29) is 0 Å². The molecule has 1 unspecified atom stereocenters. The monoisotopic (exact) mass is 190 g/mol. The summed E-state index contributed by atoms with van der Waals surface area (Å²) in [6.07, 6.45) is -0.470. The van der Waals surface area contributed by atoms with Crippen molar-refractivity contribution in [2.75, 3.05) is 0 Å². The predicted octanol–water partition coefficient (Wildman–Crippen LogP) is 2.01. The van der Waals surface area contributed by atoms with E-state index >= 15 is 0 Å². The highest BCUT2D eigenvalue weighted by Gasteiger charge is 2.35. The molecule has 0 rings (SSSR count). The fraction of sp³-hybridized carbons (Fsp3) is 0.889. The maximum atomic E-state index is 10.3. The molecule has 2 N–H and O–H groups in total. The van der Waals surface area contributed by atoms with Gasteiger partial charge in [0.1, 0.15) is 11.7 Å². The smallest absolute Gasteiger partial charge is 0.450 e. The highest BCUT2D eigenvalue weighted by Crippen LogP contribution is 2.24. The van der Waals surface area contributed by atoms with Crippen LogP contribution in [-0.4, -0.2) is 28.1 Å². The Morgan fingerprint density at radius 3 is 2.08 bits per heavy atom. The van der Waals surface area contributed by atoms with E-state index in [1.54, 1.807) is 6.92 Å². The van der Waals surface area contributed by atoms with Gasteiger partial charge in [-0.3, -0.25) is 0 Å². The third-order valence-corrected chi connectivity index (χ3v) is 2.44. The summed E-state index contributed by atoms with van der Waals surface area (Å²) in [7, 11) is 0. The van der Waals surface area contributed by atoms with Crippen LogP contribution in [0.5, 0.6) is 0 Å². The minimum absolute atomic E-state index is 0.491. The van der Waals surface area contributed by atoms with Crippen LogP contribution in [-0.2, 0) is 4.74 Å². The molecule has 0 aliphatic carbocycles. The summed E-state index contributed by atoms with van der Waals surface area (Å²) < 4.78 is 4.61. The van der Waals surface area contributed by atoms with Crippen molar-refractivity contribution in [3.05, 3.63) is 0 Å². The second-order valence-corrected chi connectivity index (χ2v) is 3.09. The Hall–Kier alpha value is -0.770. The summed E-state index contributed by atoms with van der Waals surface area (Å²) in [5.74, 6) is 0. The summed E-state index contributed by atoms with van der Waals surface area (Å²) in [4.78, 5) is 10.3. The number of hydrogen-bond acceptors (Lipinski definition) is 3. The molecule has 78 valence electrons. The Kier molecular flexibility index (Phi) is 4.77. The van der Waals surface area contributed by atoms with E-state index in [0.29, 0.717) is 19.3 Å². The maximum Gasteiger partial charge on any atom is 0.506 e. The average molecular weight is 190 g/mol. The molecule has 0 aromatic heterocycles. The summed E-state index contributed by atoms with van der Waals surface area (Å²) in [5.41, 5.74) is -1.02. The molecule has 0 aromatic carbocycles. The standard InChI is InChI=1S/C9H18O4/c1-4-7(13-8(10)11)9(12,5-2)6-3/h7,12H,4-6H2,1-3H3,(H,10,11). The van der Waals surface area contributed by atoms with Gasteiger partial charge in [0.05, 0.1) is 0 Å². The zero-order valence-electron chi connectivity index (χ0n) is 8.41. The maximum absolute atomic E-state index is 10.3. The van der Waals surface area contributed by atoms with Gasteiger partial charge in [-0.2, -0.15) is 0 Å². The van der Waals surface area contributed by atoms with Crippen molar-refractivity contribution in [3.8, 4) is 0 Å². The Morgan fingerprint density at radius 2 is 1.85 bits per heavy atom. The molecule has 0 aromatic rings. The molecule has 0 saturated heterocycles. The lowest BCUT2D eigenvalue weighted by Crippen LogP contribution is -2.43. The molecule has 13 heavy (non-hydrogen) atoms. The minimum Gasteiger partial charge on any atom is -0.450 e. The van der Waals surface area contributed by atoms with Gasteiger partial charge in [0.15, 0.2) is 0 Å². The normalized spacial score (nSPS) is 13.8. The number of ether oxygens (including phenoxy) is 1. The fourth-order valence-corrected chi connectivity index (χ4v) is 1.40. The number of rotatable bonds is 5. The van der Waals surface area contributed by atoms with E-state index in [9.17, 15) is 9.90 Å². The molecule has 0 heterocycles. The SMILES string of the molecule is CCC(OC(=O)O)C(O)(CC)CC. The second-order valence-electron chi connectivity index (χ2n) is 3.09. The van der Waals surface area contributed by atoms with E-state index in [4.69, 9.17) is 5.11 Å². The van der Waals surface area contributed by atoms with Crippen molar-refractivity contribution in [1.82, 2.24) is 0 Å². The third-order valence-electron chi connectivity index (χ3n) is 2.44. The second kappa shape index (κ2) is 5.07. The number of carboxylic acid groups (broad SMARTS) is 1. The first-order valence-corrected chi connectivity index (χ1v) is 4.62. The zero-order chi connectivity index (χ0) is 10.5. The van der Waals surface area contributed by atoms with Gasteiger partial charge in [0.2, 0.25) is 0 Å². The predicted molar refractivity (Wildman–Crippen MR) is 48.7 cm³/mol. The van der Waals surface area contributed by atoms with Crippen molar-refractivity contribution in [2.24, 2.45) is 0 Å². The Balaban J connectivity index is 4.42. The van der Waals surface area contributed by atoms with Gasteiger partial charge in [-0.15, -0.1) is 0 Å². The van der Waals surface area contributed by atoms with Crippen molar-refractivity contribution < 1.29 is 19.7 Å². The van der Waals surface area contributed by atoms with Gasteiger partial charge in [-0.25, -0.2) is 4.79 Å². The number of carbonyl (C=O) groups is 1. The van der Waals surface area contributed by atoms with Gasteiger partial charge < -0.3 is 14.9 Å². The Labute approximate surface area is 78.5 Å². The van der Waals surface area contributed by atoms with Gasteiger partial charge in [-0.05, 0) is 19.3 Å². The van der Waals surface area contributed by atoms with Crippen LogP contribution >= 0.6 is 0 Å². The lowest BCUT2D eigenvalue weighted by Gasteiger charge is -2.32.